The lowest BCUT2D eigenvalue weighted by Gasteiger charge is -2.10. The molecule has 1 amide bonds. The third kappa shape index (κ3) is 6.20. The van der Waals surface area contributed by atoms with Gasteiger partial charge in [0.1, 0.15) is 5.75 Å². The monoisotopic (exact) mass is 334 g/mol. The van der Waals surface area contributed by atoms with Gasteiger partial charge in [0.2, 0.25) is 0 Å². The van der Waals surface area contributed by atoms with E-state index in [0.717, 1.165) is 29.0 Å². The van der Waals surface area contributed by atoms with Gasteiger partial charge in [-0.25, -0.2) is 0 Å². The van der Waals surface area contributed by atoms with Gasteiger partial charge in [-0.05, 0) is 49.6 Å². The smallest absolute Gasteiger partial charge is 0.257 e. The number of nitrogen functional groups attached to an aromatic ring is 1. The fourth-order valence-electron chi connectivity index (χ4n) is 2.19. The summed E-state index contributed by atoms with van der Waals surface area (Å²) in [4.78, 5) is 11.8. The molecule has 124 valence electrons. The van der Waals surface area contributed by atoms with Crippen LogP contribution >= 0.6 is 12.4 Å². The topological polar surface area (TPSA) is 64.3 Å². The molecule has 0 unspecified atom stereocenters. The van der Waals surface area contributed by atoms with E-state index in [1.807, 2.05) is 56.3 Å². The van der Waals surface area contributed by atoms with Crippen LogP contribution in [0, 0.1) is 13.8 Å². The van der Waals surface area contributed by atoms with Crippen molar-refractivity contribution in [2.75, 3.05) is 18.9 Å². The highest BCUT2D eigenvalue weighted by atomic mass is 35.5. The lowest BCUT2D eigenvalue weighted by Crippen LogP contribution is -2.30. The van der Waals surface area contributed by atoms with Crippen LogP contribution in [0.5, 0.6) is 5.75 Å². The molecule has 0 bridgehead atoms. The molecule has 0 aliphatic heterocycles. The molecule has 0 saturated carbocycles. The van der Waals surface area contributed by atoms with E-state index in [-0.39, 0.29) is 24.9 Å². The molecule has 0 atom stereocenters. The van der Waals surface area contributed by atoms with Crippen molar-refractivity contribution in [3.05, 3.63) is 59.2 Å². The summed E-state index contributed by atoms with van der Waals surface area (Å²) < 4.78 is 5.54. The number of hydrogen-bond donors (Lipinski definition) is 2. The van der Waals surface area contributed by atoms with Crippen molar-refractivity contribution in [2.45, 2.75) is 20.3 Å². The van der Waals surface area contributed by atoms with Gasteiger partial charge in [0.05, 0.1) is 0 Å². The number of nitrogens with one attached hydrogen (secondary N) is 1. The zero-order chi connectivity index (χ0) is 15.9. The average molecular weight is 335 g/mol. The number of anilines is 1. The molecule has 2 aromatic carbocycles. The number of aryl methyl sites for hydroxylation is 2. The molecule has 23 heavy (non-hydrogen) atoms. The molecule has 0 aliphatic carbocycles. The lowest BCUT2D eigenvalue weighted by molar-refractivity contribution is -0.123. The molecule has 2 aromatic rings. The Labute approximate surface area is 143 Å². The molecule has 4 nitrogen and oxygen atoms in total. The summed E-state index contributed by atoms with van der Waals surface area (Å²) in [6.07, 6.45) is 0.773. The summed E-state index contributed by atoms with van der Waals surface area (Å²) in [7, 11) is 0. The van der Waals surface area contributed by atoms with Crippen molar-refractivity contribution < 1.29 is 9.53 Å². The molecule has 5 heteroatoms. The Morgan fingerprint density at radius 3 is 2.48 bits per heavy atom. The maximum absolute atomic E-state index is 11.8. The van der Waals surface area contributed by atoms with Crippen LogP contribution in [0.25, 0.3) is 0 Å². The van der Waals surface area contributed by atoms with Gasteiger partial charge in [-0.15, -0.1) is 12.4 Å². The second-order valence-corrected chi connectivity index (χ2v) is 5.40. The highest BCUT2D eigenvalue weighted by molar-refractivity contribution is 5.85. The minimum atomic E-state index is -0.115. The maximum Gasteiger partial charge on any atom is 0.257 e. The first-order valence-electron chi connectivity index (χ1n) is 7.36. The van der Waals surface area contributed by atoms with E-state index in [1.165, 1.54) is 5.56 Å². The summed E-state index contributed by atoms with van der Waals surface area (Å²) in [6.45, 7) is 4.62. The van der Waals surface area contributed by atoms with Crippen LogP contribution in [-0.2, 0) is 11.2 Å². The van der Waals surface area contributed by atoms with Crippen molar-refractivity contribution in [2.24, 2.45) is 0 Å². The summed E-state index contributed by atoms with van der Waals surface area (Å²) >= 11 is 0. The van der Waals surface area contributed by atoms with Crippen molar-refractivity contribution in [3.63, 3.8) is 0 Å². The fraction of sp³-hybridized carbons (Fsp3) is 0.278. The highest BCUT2D eigenvalue weighted by Crippen LogP contribution is 2.18. The first kappa shape index (κ1) is 18.8. The number of halogens is 1. The Bertz CT molecular complexity index is 642. The Kier molecular flexibility index (Phi) is 7.42. The molecular weight excluding hydrogens is 312 g/mol. The van der Waals surface area contributed by atoms with Crippen LogP contribution < -0.4 is 15.8 Å². The van der Waals surface area contributed by atoms with E-state index in [9.17, 15) is 4.79 Å². The van der Waals surface area contributed by atoms with E-state index in [2.05, 4.69) is 5.32 Å². The first-order valence-corrected chi connectivity index (χ1v) is 7.36. The van der Waals surface area contributed by atoms with Crippen LogP contribution in [-0.4, -0.2) is 19.1 Å². The van der Waals surface area contributed by atoms with Crippen molar-refractivity contribution in [3.8, 4) is 5.75 Å². The second-order valence-electron chi connectivity index (χ2n) is 5.40. The van der Waals surface area contributed by atoms with Gasteiger partial charge in [-0.3, -0.25) is 4.79 Å². The molecule has 0 fully saturated rings. The SMILES string of the molecule is Cc1ccc(OCC(=O)NCCc2ccc(N)cc2)c(C)c1.Cl. The van der Waals surface area contributed by atoms with E-state index in [4.69, 9.17) is 10.5 Å². The zero-order valence-corrected chi connectivity index (χ0v) is 14.3. The number of nitrogens with two attached hydrogens (primary N) is 1. The van der Waals surface area contributed by atoms with Gasteiger partial charge in [0, 0.05) is 12.2 Å². The first-order chi connectivity index (χ1) is 10.5. The third-order valence-electron chi connectivity index (χ3n) is 3.40. The van der Waals surface area contributed by atoms with Gasteiger partial charge >= 0.3 is 0 Å². The maximum atomic E-state index is 11.8. The number of carbonyl (C=O) groups is 1. The van der Waals surface area contributed by atoms with Crippen LogP contribution in [0.1, 0.15) is 16.7 Å². The Morgan fingerprint density at radius 1 is 1.13 bits per heavy atom. The van der Waals surface area contributed by atoms with E-state index >= 15 is 0 Å². The lowest BCUT2D eigenvalue weighted by atomic mass is 10.1. The van der Waals surface area contributed by atoms with Crippen LogP contribution in [0.15, 0.2) is 42.5 Å². The van der Waals surface area contributed by atoms with Crippen molar-refractivity contribution in [1.82, 2.24) is 5.32 Å². The van der Waals surface area contributed by atoms with Gasteiger partial charge in [-0.2, -0.15) is 0 Å². The quantitative estimate of drug-likeness (QED) is 0.798. The largest absolute Gasteiger partial charge is 0.484 e. The molecule has 0 heterocycles. The Hall–Kier alpha value is -2.20. The summed E-state index contributed by atoms with van der Waals surface area (Å²) in [6, 6.07) is 13.6. The predicted molar refractivity (Wildman–Crippen MR) is 96.2 cm³/mol. The van der Waals surface area contributed by atoms with Crippen molar-refractivity contribution >= 4 is 24.0 Å². The van der Waals surface area contributed by atoms with Gasteiger partial charge in [0.25, 0.3) is 5.91 Å². The Balaban J connectivity index is 0.00000264. The fourth-order valence-corrected chi connectivity index (χ4v) is 2.19. The Morgan fingerprint density at radius 2 is 1.83 bits per heavy atom. The minimum absolute atomic E-state index is 0. The second kappa shape index (κ2) is 9.06. The van der Waals surface area contributed by atoms with Crippen LogP contribution in [0.2, 0.25) is 0 Å². The van der Waals surface area contributed by atoms with Crippen LogP contribution in [0.4, 0.5) is 5.69 Å². The normalized spacial score (nSPS) is 9.83. The average Bonchev–Trinajstić information content (AvgIpc) is 2.48. The summed E-state index contributed by atoms with van der Waals surface area (Å²) in [5.74, 6) is 0.634. The van der Waals surface area contributed by atoms with E-state index in [1.54, 1.807) is 0 Å². The van der Waals surface area contributed by atoms with Crippen LogP contribution in [0.3, 0.4) is 0 Å². The van der Waals surface area contributed by atoms with Crippen molar-refractivity contribution in [1.29, 1.82) is 0 Å². The highest BCUT2D eigenvalue weighted by Gasteiger charge is 2.04. The molecule has 3 N–H and O–H groups in total. The number of ether oxygens (including phenoxy) is 1. The third-order valence-corrected chi connectivity index (χ3v) is 3.40. The van der Waals surface area contributed by atoms with Gasteiger partial charge in [-0.1, -0.05) is 29.8 Å². The molecule has 2 rings (SSSR count). The minimum Gasteiger partial charge on any atom is -0.484 e. The molecule has 0 saturated heterocycles. The molecule has 0 spiro atoms. The van der Waals surface area contributed by atoms with E-state index in [0.29, 0.717) is 6.54 Å². The number of hydrogen-bond acceptors (Lipinski definition) is 3. The number of carbonyl (C=O) groups excluding carboxylic acids is 1. The zero-order valence-electron chi connectivity index (χ0n) is 13.5. The number of rotatable bonds is 6. The molecule has 0 aliphatic rings. The number of benzene rings is 2. The molecule has 0 aromatic heterocycles. The van der Waals surface area contributed by atoms with Gasteiger partial charge < -0.3 is 15.8 Å². The van der Waals surface area contributed by atoms with E-state index < -0.39 is 0 Å². The number of amides is 1. The summed E-state index contributed by atoms with van der Waals surface area (Å²) in [5, 5.41) is 2.85. The van der Waals surface area contributed by atoms with Gasteiger partial charge in [0.15, 0.2) is 6.61 Å². The molecular formula is C18H23ClN2O2. The predicted octanol–water partition coefficient (Wildman–Crippen LogP) is 3.05. The summed E-state index contributed by atoms with van der Waals surface area (Å²) in [5.41, 5.74) is 9.74. The molecule has 0 radical (unpaired) electrons. The standard InChI is InChI=1S/C18H22N2O2.ClH/c1-13-3-8-17(14(2)11-13)22-12-18(21)20-10-9-15-4-6-16(19)7-5-15;/h3-8,11H,9-10,12,19H2,1-2H3,(H,20,21);1H.